The van der Waals surface area contributed by atoms with Crippen molar-refractivity contribution in [1.29, 1.82) is 0 Å². The number of nitrogens with zero attached hydrogens (tertiary/aromatic N) is 2. The standard InChI is InChI=1S/C12H15N3O5S/c1-4-5-15(8-11(16)17)21(19,20)9-6-10(12(18)13-2)14(3)7-9/h1,6-7H,5,8H2,2-3H3,(H,13,18)(H,16,17). The summed E-state index contributed by atoms with van der Waals surface area (Å²) in [7, 11) is -1.17. The molecule has 0 bridgehead atoms. The second kappa shape index (κ2) is 6.43. The van der Waals surface area contributed by atoms with E-state index in [0.29, 0.717) is 4.31 Å². The van der Waals surface area contributed by atoms with Gasteiger partial charge in [-0.2, -0.15) is 4.31 Å². The molecule has 0 fully saturated rings. The van der Waals surface area contributed by atoms with Crippen molar-refractivity contribution >= 4 is 21.9 Å². The highest BCUT2D eigenvalue weighted by molar-refractivity contribution is 7.89. The van der Waals surface area contributed by atoms with Crippen LogP contribution in [0.25, 0.3) is 0 Å². The number of nitrogens with one attached hydrogen (secondary N) is 1. The second-order valence-electron chi connectivity index (χ2n) is 4.12. The highest BCUT2D eigenvalue weighted by Crippen LogP contribution is 2.18. The maximum atomic E-state index is 12.4. The quantitative estimate of drug-likeness (QED) is 0.661. The number of aryl methyl sites for hydroxylation is 1. The lowest BCUT2D eigenvalue weighted by Gasteiger charge is -2.16. The van der Waals surface area contributed by atoms with Gasteiger partial charge in [0.1, 0.15) is 17.1 Å². The van der Waals surface area contributed by atoms with E-state index in [0.717, 1.165) is 0 Å². The van der Waals surface area contributed by atoms with Gasteiger partial charge >= 0.3 is 5.97 Å². The molecule has 0 saturated heterocycles. The minimum atomic E-state index is -4.09. The maximum absolute atomic E-state index is 12.4. The van der Waals surface area contributed by atoms with E-state index in [2.05, 4.69) is 11.2 Å². The number of rotatable bonds is 6. The minimum Gasteiger partial charge on any atom is -0.480 e. The van der Waals surface area contributed by atoms with Gasteiger partial charge in [0.15, 0.2) is 0 Å². The van der Waals surface area contributed by atoms with E-state index in [-0.39, 0.29) is 17.1 Å². The molecule has 2 N–H and O–H groups in total. The number of hydrogen-bond acceptors (Lipinski definition) is 4. The molecule has 0 spiro atoms. The van der Waals surface area contributed by atoms with Gasteiger partial charge in [-0.25, -0.2) is 8.42 Å². The van der Waals surface area contributed by atoms with Gasteiger partial charge in [-0.05, 0) is 6.07 Å². The summed E-state index contributed by atoms with van der Waals surface area (Å²) in [6.07, 6.45) is 6.29. The van der Waals surface area contributed by atoms with Crippen molar-refractivity contribution in [2.45, 2.75) is 4.90 Å². The van der Waals surface area contributed by atoms with Crippen LogP contribution in [0.15, 0.2) is 17.2 Å². The van der Waals surface area contributed by atoms with Crippen LogP contribution in [-0.2, 0) is 21.9 Å². The fraction of sp³-hybridized carbons (Fsp3) is 0.333. The summed E-state index contributed by atoms with van der Waals surface area (Å²) in [6.45, 7) is -1.13. The van der Waals surface area contributed by atoms with Crippen LogP contribution in [0.1, 0.15) is 10.5 Å². The predicted molar refractivity (Wildman–Crippen MR) is 74.0 cm³/mol. The van der Waals surface area contributed by atoms with Crippen LogP contribution in [0.2, 0.25) is 0 Å². The van der Waals surface area contributed by atoms with Gasteiger partial charge in [-0.1, -0.05) is 5.92 Å². The maximum Gasteiger partial charge on any atom is 0.318 e. The molecule has 0 saturated carbocycles. The average molecular weight is 313 g/mol. The molecule has 1 heterocycles. The first-order chi connectivity index (χ1) is 9.73. The van der Waals surface area contributed by atoms with Crippen LogP contribution in [0.5, 0.6) is 0 Å². The van der Waals surface area contributed by atoms with E-state index < -0.39 is 28.4 Å². The number of carboxylic acid groups (broad SMARTS) is 1. The van der Waals surface area contributed by atoms with Crippen molar-refractivity contribution in [3.05, 3.63) is 18.0 Å². The van der Waals surface area contributed by atoms with Gasteiger partial charge in [-0.3, -0.25) is 9.59 Å². The van der Waals surface area contributed by atoms with E-state index in [1.54, 1.807) is 0 Å². The van der Waals surface area contributed by atoms with Crippen LogP contribution in [0, 0.1) is 12.3 Å². The number of carbonyl (C=O) groups excluding carboxylic acids is 1. The van der Waals surface area contributed by atoms with Gasteiger partial charge in [0.2, 0.25) is 10.0 Å². The first kappa shape index (κ1) is 16.7. The molecule has 0 radical (unpaired) electrons. The predicted octanol–water partition coefficient (Wildman–Crippen LogP) is -0.907. The van der Waals surface area contributed by atoms with Gasteiger partial charge in [-0.15, -0.1) is 6.42 Å². The molecular formula is C12H15N3O5S. The molecule has 1 amide bonds. The fourth-order valence-corrected chi connectivity index (χ4v) is 3.03. The topological polar surface area (TPSA) is 109 Å². The number of sulfonamides is 1. The van der Waals surface area contributed by atoms with Crippen molar-refractivity contribution in [2.75, 3.05) is 20.1 Å². The van der Waals surface area contributed by atoms with Gasteiger partial charge in [0, 0.05) is 20.3 Å². The largest absolute Gasteiger partial charge is 0.480 e. The Morgan fingerprint density at radius 1 is 1.52 bits per heavy atom. The number of carboxylic acids is 1. The molecule has 0 aromatic carbocycles. The van der Waals surface area contributed by atoms with E-state index in [1.807, 2.05) is 0 Å². The smallest absolute Gasteiger partial charge is 0.318 e. The number of amides is 1. The summed E-state index contributed by atoms with van der Waals surface area (Å²) in [5, 5.41) is 11.1. The van der Waals surface area contributed by atoms with Gasteiger partial charge < -0.3 is 15.0 Å². The van der Waals surface area contributed by atoms with Crippen molar-refractivity contribution in [1.82, 2.24) is 14.2 Å². The lowest BCUT2D eigenvalue weighted by molar-refractivity contribution is -0.137. The highest BCUT2D eigenvalue weighted by Gasteiger charge is 2.28. The Kier molecular flexibility index (Phi) is 5.12. The molecule has 0 aliphatic rings. The Morgan fingerprint density at radius 3 is 2.62 bits per heavy atom. The Morgan fingerprint density at radius 2 is 2.14 bits per heavy atom. The number of carbonyl (C=O) groups is 2. The zero-order valence-corrected chi connectivity index (χ0v) is 12.3. The number of aliphatic carboxylic acids is 1. The molecule has 0 unspecified atom stereocenters. The number of aromatic nitrogens is 1. The summed E-state index contributed by atoms with van der Waals surface area (Å²) in [4.78, 5) is 22.1. The molecule has 1 aromatic heterocycles. The van der Waals surface area contributed by atoms with Crippen LogP contribution < -0.4 is 5.32 Å². The van der Waals surface area contributed by atoms with Gasteiger partial charge in [0.05, 0.1) is 6.54 Å². The Balaban J connectivity index is 3.26. The van der Waals surface area contributed by atoms with Crippen molar-refractivity contribution < 1.29 is 23.1 Å². The van der Waals surface area contributed by atoms with E-state index >= 15 is 0 Å². The molecular weight excluding hydrogens is 298 g/mol. The highest BCUT2D eigenvalue weighted by atomic mass is 32.2. The lowest BCUT2D eigenvalue weighted by atomic mass is 10.4. The van der Waals surface area contributed by atoms with Crippen molar-refractivity contribution in [3.8, 4) is 12.3 Å². The molecule has 114 valence electrons. The average Bonchev–Trinajstić information content (AvgIpc) is 2.79. The Labute approximate surface area is 122 Å². The summed E-state index contributed by atoms with van der Waals surface area (Å²) in [5.74, 6) is 0.321. The SMILES string of the molecule is C#CCN(CC(=O)O)S(=O)(=O)c1cc(C(=O)NC)n(C)c1. The second-order valence-corrected chi connectivity index (χ2v) is 6.06. The fourth-order valence-electron chi connectivity index (χ4n) is 1.66. The molecule has 9 heteroatoms. The number of hydrogen-bond donors (Lipinski definition) is 2. The molecule has 1 rings (SSSR count). The third kappa shape index (κ3) is 3.62. The van der Waals surface area contributed by atoms with Crippen LogP contribution in [0.4, 0.5) is 0 Å². The first-order valence-electron chi connectivity index (χ1n) is 5.78. The molecule has 8 nitrogen and oxygen atoms in total. The first-order valence-corrected chi connectivity index (χ1v) is 7.22. The Bertz CT molecular complexity index is 699. The monoisotopic (exact) mass is 313 g/mol. The lowest BCUT2D eigenvalue weighted by Crippen LogP contribution is -2.35. The van der Waals surface area contributed by atoms with Crippen LogP contribution in [-0.4, -0.2) is 54.4 Å². The third-order valence-electron chi connectivity index (χ3n) is 2.66. The zero-order valence-electron chi connectivity index (χ0n) is 11.5. The van der Waals surface area contributed by atoms with E-state index in [1.165, 1.54) is 30.9 Å². The van der Waals surface area contributed by atoms with Crippen molar-refractivity contribution in [2.24, 2.45) is 7.05 Å². The van der Waals surface area contributed by atoms with E-state index in [9.17, 15) is 18.0 Å². The number of terminal acetylenes is 1. The Hall–Kier alpha value is -2.31. The van der Waals surface area contributed by atoms with E-state index in [4.69, 9.17) is 11.5 Å². The summed E-state index contributed by atoms with van der Waals surface area (Å²) >= 11 is 0. The van der Waals surface area contributed by atoms with Crippen LogP contribution >= 0.6 is 0 Å². The summed E-state index contributed by atoms with van der Waals surface area (Å²) in [6, 6.07) is 1.17. The molecule has 0 aliphatic carbocycles. The van der Waals surface area contributed by atoms with Crippen molar-refractivity contribution in [3.63, 3.8) is 0 Å². The summed E-state index contributed by atoms with van der Waals surface area (Å²) in [5.41, 5.74) is 0.132. The molecule has 21 heavy (non-hydrogen) atoms. The normalized spacial score (nSPS) is 11.1. The molecule has 0 atom stereocenters. The van der Waals surface area contributed by atoms with Crippen LogP contribution in [0.3, 0.4) is 0 Å². The zero-order chi connectivity index (χ0) is 16.2. The molecule has 0 aliphatic heterocycles. The third-order valence-corrected chi connectivity index (χ3v) is 4.41. The minimum absolute atomic E-state index is 0.132. The summed E-state index contributed by atoms with van der Waals surface area (Å²) < 4.78 is 26.7. The molecule has 1 aromatic rings. The van der Waals surface area contributed by atoms with Gasteiger partial charge in [0.25, 0.3) is 5.91 Å².